The predicted octanol–water partition coefficient (Wildman–Crippen LogP) is 6.99. The average Bonchev–Trinajstić information content (AvgIpc) is 3.00. The highest BCUT2D eigenvalue weighted by atomic mass is 16.3. The second kappa shape index (κ2) is 15.3. The van der Waals surface area contributed by atoms with Gasteiger partial charge in [-0.05, 0) is 13.3 Å². The Hall–Kier alpha value is -0.990. The molecule has 0 saturated carbocycles. The first-order chi connectivity index (χ1) is 12.2. The smallest absolute Gasteiger partial charge is 0.108 e. The molecule has 0 aromatic rings. The van der Waals surface area contributed by atoms with Gasteiger partial charge in [0, 0.05) is 19.2 Å². The van der Waals surface area contributed by atoms with Crippen LogP contribution in [0.15, 0.2) is 17.0 Å². The van der Waals surface area contributed by atoms with Crippen molar-refractivity contribution in [2.75, 3.05) is 13.1 Å². The summed E-state index contributed by atoms with van der Waals surface area (Å²) in [5.41, 5.74) is 0. The molecule has 25 heavy (non-hydrogen) atoms. The molecular weight excluding hydrogens is 308 g/mol. The van der Waals surface area contributed by atoms with Crippen LogP contribution in [0, 0.1) is 0 Å². The summed E-state index contributed by atoms with van der Waals surface area (Å²) < 4.78 is 0. The fourth-order valence-corrected chi connectivity index (χ4v) is 3.48. The van der Waals surface area contributed by atoms with Crippen molar-refractivity contribution in [1.82, 2.24) is 4.90 Å². The molecule has 1 N–H and O–H groups in total. The van der Waals surface area contributed by atoms with Crippen molar-refractivity contribution in [3.05, 3.63) is 12.0 Å². The van der Waals surface area contributed by atoms with Gasteiger partial charge in [0.2, 0.25) is 0 Å². The Morgan fingerprint density at radius 3 is 1.80 bits per heavy atom. The van der Waals surface area contributed by atoms with Gasteiger partial charge >= 0.3 is 0 Å². The fourth-order valence-electron chi connectivity index (χ4n) is 3.48. The van der Waals surface area contributed by atoms with E-state index < -0.39 is 0 Å². The number of rotatable bonds is 16. The van der Waals surface area contributed by atoms with Crippen molar-refractivity contribution in [3.8, 4) is 0 Å². The van der Waals surface area contributed by atoms with Crippen LogP contribution >= 0.6 is 0 Å². The van der Waals surface area contributed by atoms with Crippen molar-refractivity contribution in [3.63, 3.8) is 0 Å². The highest BCUT2D eigenvalue weighted by Gasteiger charge is 2.10. The second-order valence-corrected chi connectivity index (χ2v) is 7.59. The van der Waals surface area contributed by atoms with E-state index >= 15 is 0 Å². The molecule has 1 aliphatic heterocycles. The summed E-state index contributed by atoms with van der Waals surface area (Å²) in [7, 11) is 0. The normalized spacial score (nSPS) is 15.0. The van der Waals surface area contributed by atoms with Crippen molar-refractivity contribution >= 4 is 5.84 Å². The molecular formula is C22H42N2O. The minimum absolute atomic E-state index is 0.510. The van der Waals surface area contributed by atoms with Crippen LogP contribution in [0.3, 0.4) is 0 Å². The standard InChI is InChI=1S/C22H42N2O/c1-3-4-5-6-7-8-9-10-11-12-13-14-15-16-17-22(25)20-24-19-18-23-21(24)2/h20,25H,3-19H2,1-2H3/b22-20-. The first-order valence-corrected chi connectivity index (χ1v) is 10.9. The zero-order valence-corrected chi connectivity index (χ0v) is 16.9. The first-order valence-electron chi connectivity index (χ1n) is 10.9. The van der Waals surface area contributed by atoms with Crippen LogP contribution in [0.2, 0.25) is 0 Å². The van der Waals surface area contributed by atoms with E-state index in [1.54, 1.807) is 0 Å². The molecule has 0 spiro atoms. The van der Waals surface area contributed by atoms with Gasteiger partial charge in [-0.3, -0.25) is 4.99 Å². The Morgan fingerprint density at radius 1 is 0.880 bits per heavy atom. The molecule has 0 bridgehead atoms. The number of hydrogen-bond acceptors (Lipinski definition) is 3. The van der Waals surface area contributed by atoms with Crippen LogP contribution < -0.4 is 0 Å². The van der Waals surface area contributed by atoms with E-state index in [2.05, 4.69) is 16.8 Å². The monoisotopic (exact) mass is 350 g/mol. The molecule has 0 fully saturated rings. The van der Waals surface area contributed by atoms with Gasteiger partial charge in [0.15, 0.2) is 0 Å². The van der Waals surface area contributed by atoms with Crippen molar-refractivity contribution in [1.29, 1.82) is 0 Å². The third-order valence-electron chi connectivity index (χ3n) is 5.19. The lowest BCUT2D eigenvalue weighted by molar-refractivity contribution is 0.365. The summed E-state index contributed by atoms with van der Waals surface area (Å²) in [4.78, 5) is 6.39. The molecule has 0 aromatic carbocycles. The quantitative estimate of drug-likeness (QED) is 0.240. The maximum atomic E-state index is 9.98. The van der Waals surface area contributed by atoms with Crippen molar-refractivity contribution in [2.24, 2.45) is 4.99 Å². The largest absolute Gasteiger partial charge is 0.511 e. The second-order valence-electron chi connectivity index (χ2n) is 7.59. The van der Waals surface area contributed by atoms with Crippen molar-refractivity contribution in [2.45, 2.75) is 110 Å². The maximum absolute atomic E-state index is 9.98. The van der Waals surface area contributed by atoms with Gasteiger partial charge in [-0.25, -0.2) is 0 Å². The minimum Gasteiger partial charge on any atom is -0.511 e. The highest BCUT2D eigenvalue weighted by Crippen LogP contribution is 2.15. The van der Waals surface area contributed by atoms with Gasteiger partial charge in [-0.15, -0.1) is 0 Å². The topological polar surface area (TPSA) is 35.8 Å². The zero-order valence-electron chi connectivity index (χ0n) is 16.9. The number of aliphatic hydroxyl groups is 1. The zero-order chi connectivity index (χ0) is 18.2. The Labute approximate surface area is 156 Å². The summed E-state index contributed by atoms with van der Waals surface area (Å²) in [6.45, 7) is 6.05. The van der Waals surface area contributed by atoms with E-state index in [9.17, 15) is 5.11 Å². The summed E-state index contributed by atoms with van der Waals surface area (Å²) in [5, 5.41) is 9.98. The predicted molar refractivity (Wildman–Crippen MR) is 110 cm³/mol. The number of nitrogens with zero attached hydrogens (tertiary/aromatic N) is 2. The van der Waals surface area contributed by atoms with E-state index in [4.69, 9.17) is 0 Å². The highest BCUT2D eigenvalue weighted by molar-refractivity contribution is 5.82. The first kappa shape index (κ1) is 22.1. The number of aliphatic hydroxyl groups excluding tert-OH is 1. The molecule has 1 aliphatic rings. The Bertz CT molecular complexity index is 376. The molecule has 0 aromatic heterocycles. The summed E-state index contributed by atoms with van der Waals surface area (Å²) in [6.07, 6.45) is 21.9. The number of allylic oxidation sites excluding steroid dienone is 1. The van der Waals surface area contributed by atoms with E-state index in [0.717, 1.165) is 31.8 Å². The number of amidine groups is 1. The maximum Gasteiger partial charge on any atom is 0.108 e. The van der Waals surface area contributed by atoms with Crippen LogP contribution in [-0.2, 0) is 0 Å². The number of unbranched alkanes of at least 4 members (excludes halogenated alkanes) is 13. The lowest BCUT2D eigenvalue weighted by atomic mass is 10.0. The summed E-state index contributed by atoms with van der Waals surface area (Å²) >= 11 is 0. The van der Waals surface area contributed by atoms with Crippen molar-refractivity contribution < 1.29 is 5.11 Å². The van der Waals surface area contributed by atoms with E-state index in [-0.39, 0.29) is 0 Å². The third kappa shape index (κ3) is 12.1. The number of hydrogen-bond donors (Lipinski definition) is 1. The molecule has 3 nitrogen and oxygen atoms in total. The molecule has 3 heteroatoms. The lowest BCUT2D eigenvalue weighted by Crippen LogP contribution is -2.19. The van der Waals surface area contributed by atoms with Gasteiger partial charge in [0.1, 0.15) is 5.76 Å². The molecule has 0 radical (unpaired) electrons. The molecule has 146 valence electrons. The lowest BCUT2D eigenvalue weighted by Gasteiger charge is -2.13. The fraction of sp³-hybridized carbons (Fsp3) is 0.864. The molecule has 0 unspecified atom stereocenters. The average molecular weight is 351 g/mol. The Morgan fingerprint density at radius 2 is 1.36 bits per heavy atom. The molecule has 1 heterocycles. The SMILES string of the molecule is CCCCCCCCCCCCCCCC/C(O)=C/N1CCN=C1C. The van der Waals surface area contributed by atoms with Gasteiger partial charge in [-0.2, -0.15) is 0 Å². The molecule has 1 rings (SSSR count). The summed E-state index contributed by atoms with van der Waals surface area (Å²) in [6, 6.07) is 0. The Kier molecular flexibility index (Phi) is 13.5. The van der Waals surface area contributed by atoms with Crippen LogP contribution in [0.1, 0.15) is 110 Å². The van der Waals surface area contributed by atoms with E-state index in [0.29, 0.717) is 5.76 Å². The molecule has 0 amide bonds. The van der Waals surface area contributed by atoms with Crippen LogP contribution in [0.4, 0.5) is 0 Å². The van der Waals surface area contributed by atoms with Gasteiger partial charge in [-0.1, -0.05) is 90.4 Å². The van der Waals surface area contributed by atoms with Crippen LogP contribution in [0.25, 0.3) is 0 Å². The Balaban J connectivity index is 1.81. The molecule has 0 saturated heterocycles. The minimum atomic E-state index is 0.510. The van der Waals surface area contributed by atoms with E-state index in [1.807, 2.05) is 13.1 Å². The van der Waals surface area contributed by atoms with E-state index in [1.165, 1.54) is 83.5 Å². The van der Waals surface area contributed by atoms with Crippen LogP contribution in [-0.4, -0.2) is 28.9 Å². The molecule has 0 atom stereocenters. The van der Waals surface area contributed by atoms with Gasteiger partial charge in [0.05, 0.1) is 12.4 Å². The van der Waals surface area contributed by atoms with Gasteiger partial charge < -0.3 is 10.0 Å². The third-order valence-corrected chi connectivity index (χ3v) is 5.19. The van der Waals surface area contributed by atoms with Gasteiger partial charge in [0.25, 0.3) is 0 Å². The number of aliphatic imine (C=N–C) groups is 1. The summed E-state index contributed by atoms with van der Waals surface area (Å²) in [5.74, 6) is 1.53. The van der Waals surface area contributed by atoms with Crippen LogP contribution in [0.5, 0.6) is 0 Å². The molecule has 0 aliphatic carbocycles.